The number of hydrogen-bond donors (Lipinski definition) is 1. The van der Waals surface area contributed by atoms with Gasteiger partial charge in [0.25, 0.3) is 0 Å². The number of ketones is 1. The van der Waals surface area contributed by atoms with Crippen LogP contribution in [-0.2, 0) is 14.3 Å². The maximum Gasteiger partial charge on any atom is 0.305 e. The lowest BCUT2D eigenvalue weighted by Crippen LogP contribution is -2.17. The van der Waals surface area contributed by atoms with E-state index in [1.165, 1.54) is 7.11 Å². The second-order valence-corrected chi connectivity index (χ2v) is 8.99. The lowest BCUT2D eigenvalue weighted by molar-refractivity contribution is -0.140. The van der Waals surface area contributed by atoms with Gasteiger partial charge in [0.2, 0.25) is 0 Å². The number of rotatable bonds is 14. The number of hydrogen-bond acceptors (Lipinski definition) is 5. The van der Waals surface area contributed by atoms with Crippen molar-refractivity contribution in [2.75, 3.05) is 12.9 Å². The van der Waals surface area contributed by atoms with E-state index in [1.807, 2.05) is 17.8 Å². The fraction of sp³-hybridized carbons (Fsp3) is 0.739. The van der Waals surface area contributed by atoms with Crippen LogP contribution in [0.4, 0.5) is 0 Å². The molecule has 0 aromatic carbocycles. The zero-order valence-electron chi connectivity index (χ0n) is 17.8. The first kappa shape index (κ1) is 25.0. The predicted molar refractivity (Wildman–Crippen MR) is 117 cm³/mol. The summed E-state index contributed by atoms with van der Waals surface area (Å²) in [5.74, 6) is 1.34. The Kier molecular flexibility index (Phi) is 13.3. The highest BCUT2D eigenvalue weighted by Crippen LogP contribution is 2.40. The van der Waals surface area contributed by atoms with E-state index in [0.29, 0.717) is 23.9 Å². The number of aliphatic hydroxyl groups excluding tert-OH is 1. The van der Waals surface area contributed by atoms with E-state index in [1.54, 1.807) is 0 Å². The number of aliphatic hydroxyl groups is 1. The number of allylic oxidation sites excluding steroid dienone is 3. The van der Waals surface area contributed by atoms with Gasteiger partial charge in [0.15, 0.2) is 0 Å². The second kappa shape index (κ2) is 14.9. The molecule has 0 heterocycles. The second-order valence-electron chi connectivity index (χ2n) is 7.47. The molecule has 0 bridgehead atoms. The van der Waals surface area contributed by atoms with Gasteiger partial charge < -0.3 is 9.84 Å². The average molecular weight is 411 g/mol. The van der Waals surface area contributed by atoms with Crippen LogP contribution < -0.4 is 0 Å². The summed E-state index contributed by atoms with van der Waals surface area (Å²) in [5, 5.41) is 10.5. The Hall–Kier alpha value is -1.07. The minimum absolute atomic E-state index is 0.00000102. The van der Waals surface area contributed by atoms with Crippen molar-refractivity contribution in [1.82, 2.24) is 0 Å². The normalized spacial score (nSPS) is 23.7. The van der Waals surface area contributed by atoms with Crippen molar-refractivity contribution in [2.45, 2.75) is 83.0 Å². The van der Waals surface area contributed by atoms with E-state index >= 15 is 0 Å². The Morgan fingerprint density at radius 1 is 1.29 bits per heavy atom. The first-order chi connectivity index (χ1) is 13.5. The van der Waals surface area contributed by atoms with Crippen LogP contribution in [0.2, 0.25) is 0 Å². The molecule has 5 heteroatoms. The van der Waals surface area contributed by atoms with Crippen molar-refractivity contribution in [3.8, 4) is 0 Å². The van der Waals surface area contributed by atoms with Crippen molar-refractivity contribution >= 4 is 23.5 Å². The summed E-state index contributed by atoms with van der Waals surface area (Å²) in [6.45, 7) is 4.29. The van der Waals surface area contributed by atoms with Gasteiger partial charge in [-0.15, -0.1) is 0 Å². The zero-order valence-corrected chi connectivity index (χ0v) is 18.6. The van der Waals surface area contributed by atoms with Gasteiger partial charge in [-0.1, -0.05) is 57.4 Å². The average Bonchev–Trinajstić information content (AvgIpc) is 2.97. The van der Waals surface area contributed by atoms with Crippen LogP contribution in [0, 0.1) is 11.8 Å². The maximum atomic E-state index is 12.6. The van der Waals surface area contributed by atoms with Crippen molar-refractivity contribution < 1.29 is 19.4 Å². The van der Waals surface area contributed by atoms with Gasteiger partial charge >= 0.3 is 5.97 Å². The molecular weight excluding hydrogens is 372 g/mol. The van der Waals surface area contributed by atoms with Crippen molar-refractivity contribution in [1.29, 1.82) is 0 Å². The molecule has 1 fully saturated rings. The third kappa shape index (κ3) is 9.42. The first-order valence-corrected chi connectivity index (χ1v) is 11.8. The molecule has 1 unspecified atom stereocenters. The van der Waals surface area contributed by atoms with Gasteiger partial charge in [-0.05, 0) is 37.4 Å². The summed E-state index contributed by atoms with van der Waals surface area (Å²) in [5.41, 5.74) is 0. The smallest absolute Gasteiger partial charge is 0.305 e. The van der Waals surface area contributed by atoms with Crippen molar-refractivity contribution in [2.24, 2.45) is 11.8 Å². The summed E-state index contributed by atoms with van der Waals surface area (Å²) < 4.78 is 4.64. The summed E-state index contributed by atoms with van der Waals surface area (Å²) in [6.07, 6.45) is 15.2. The Labute approximate surface area is 175 Å². The number of unbranched alkanes of at least 4 members (excludes halogenated alkanes) is 3. The number of carbonyl (C=O) groups is 2. The van der Waals surface area contributed by atoms with Crippen molar-refractivity contribution in [3.05, 3.63) is 24.3 Å². The monoisotopic (exact) mass is 410 g/mol. The first-order valence-electron chi connectivity index (χ1n) is 10.8. The number of thioether (sulfide) groups is 1. The molecule has 0 spiro atoms. The molecule has 1 rings (SSSR count). The number of carbonyl (C=O) groups excluding carboxylic acids is 2. The Balaban J connectivity index is 2.59. The Morgan fingerprint density at radius 2 is 2.07 bits per heavy atom. The van der Waals surface area contributed by atoms with E-state index in [2.05, 4.69) is 36.8 Å². The number of Topliss-reactive ketones (excluding diaryl/α,β-unsaturated/α-hetero) is 1. The maximum absolute atomic E-state index is 12.6. The number of ether oxygens (including phenoxy) is 1. The number of methoxy groups -OCH3 is 1. The zero-order chi connectivity index (χ0) is 20.8. The molecule has 4 nitrogen and oxygen atoms in total. The van der Waals surface area contributed by atoms with Crippen LogP contribution >= 0.6 is 11.8 Å². The lowest BCUT2D eigenvalue weighted by atomic mass is 9.91. The third-order valence-corrected chi connectivity index (χ3v) is 6.53. The summed E-state index contributed by atoms with van der Waals surface area (Å²) in [7, 11) is 1.41. The highest BCUT2D eigenvalue weighted by atomic mass is 32.2. The lowest BCUT2D eigenvalue weighted by Gasteiger charge is -2.20. The van der Waals surface area contributed by atoms with E-state index in [4.69, 9.17) is 0 Å². The molecule has 0 radical (unpaired) electrons. The molecule has 0 saturated heterocycles. The minimum atomic E-state index is -0.413. The van der Waals surface area contributed by atoms with Crippen LogP contribution in [0.3, 0.4) is 0 Å². The third-order valence-electron chi connectivity index (χ3n) is 5.29. The van der Waals surface area contributed by atoms with Gasteiger partial charge in [0, 0.05) is 24.0 Å². The minimum Gasteiger partial charge on any atom is -0.469 e. The molecule has 4 atom stereocenters. The fourth-order valence-corrected chi connectivity index (χ4v) is 4.89. The molecule has 0 aromatic rings. The molecule has 1 aliphatic rings. The highest BCUT2D eigenvalue weighted by molar-refractivity contribution is 7.99. The summed E-state index contributed by atoms with van der Waals surface area (Å²) in [4.78, 5) is 23.7. The standard InChI is InChI=1S/C23H38O4S/c1-4-6-9-12-18(24)15-16-20-19(21(25)17-22(20)28-5-2)13-10-7-8-11-14-23(26)27-3/h7,10,15-16,18-20,22,24H,4-6,8-9,11-14,17H2,1-3H3/b10-7-,16-15+/t18-,19+,20+,22?/m0/s1. The molecule has 28 heavy (non-hydrogen) atoms. The van der Waals surface area contributed by atoms with Crippen molar-refractivity contribution in [3.63, 3.8) is 0 Å². The SMILES string of the molecule is CCCCC[C@H](O)/C=C/[C@H]1C(SCC)CC(=O)[C@@H]1C/C=C\CCCC(=O)OC. The molecule has 160 valence electrons. The van der Waals surface area contributed by atoms with Gasteiger partial charge in [0.05, 0.1) is 13.2 Å². The molecular formula is C23H38O4S. The van der Waals surface area contributed by atoms with E-state index in [9.17, 15) is 14.7 Å². The predicted octanol–water partition coefficient (Wildman–Crippen LogP) is 5.10. The van der Waals surface area contributed by atoms with Crippen LogP contribution in [0.1, 0.15) is 71.6 Å². The number of esters is 1. The largest absolute Gasteiger partial charge is 0.469 e. The van der Waals surface area contributed by atoms with Gasteiger partial charge in [-0.3, -0.25) is 9.59 Å². The van der Waals surface area contributed by atoms with E-state index in [0.717, 1.165) is 50.7 Å². The topological polar surface area (TPSA) is 63.6 Å². The van der Waals surface area contributed by atoms with Gasteiger partial charge in [-0.2, -0.15) is 11.8 Å². The van der Waals surface area contributed by atoms with Crippen LogP contribution in [-0.4, -0.2) is 41.1 Å². The Morgan fingerprint density at radius 3 is 2.75 bits per heavy atom. The molecule has 1 N–H and O–H groups in total. The van der Waals surface area contributed by atoms with E-state index in [-0.39, 0.29) is 17.8 Å². The quantitative estimate of drug-likeness (QED) is 0.245. The molecule has 1 saturated carbocycles. The molecule has 0 aromatic heterocycles. The fourth-order valence-electron chi connectivity index (χ4n) is 3.67. The molecule has 0 amide bonds. The molecule has 0 aliphatic heterocycles. The van der Waals surface area contributed by atoms with Crippen LogP contribution in [0.25, 0.3) is 0 Å². The van der Waals surface area contributed by atoms with Crippen LogP contribution in [0.5, 0.6) is 0 Å². The van der Waals surface area contributed by atoms with Gasteiger partial charge in [0.1, 0.15) is 5.78 Å². The van der Waals surface area contributed by atoms with Gasteiger partial charge in [-0.25, -0.2) is 0 Å². The Bertz CT molecular complexity index is 515. The summed E-state index contributed by atoms with van der Waals surface area (Å²) >= 11 is 1.85. The van der Waals surface area contributed by atoms with Crippen LogP contribution in [0.15, 0.2) is 24.3 Å². The summed E-state index contributed by atoms with van der Waals surface area (Å²) in [6, 6.07) is 0. The van der Waals surface area contributed by atoms with E-state index < -0.39 is 6.10 Å². The molecule has 1 aliphatic carbocycles. The highest BCUT2D eigenvalue weighted by Gasteiger charge is 2.40.